The van der Waals surface area contributed by atoms with Gasteiger partial charge in [-0.25, -0.2) is 9.18 Å². The lowest BCUT2D eigenvalue weighted by molar-refractivity contribution is 0.0496. The van der Waals surface area contributed by atoms with Gasteiger partial charge in [-0.1, -0.05) is 6.07 Å². The van der Waals surface area contributed by atoms with Gasteiger partial charge in [0.15, 0.2) is 0 Å². The van der Waals surface area contributed by atoms with Gasteiger partial charge in [0.1, 0.15) is 17.2 Å². The van der Waals surface area contributed by atoms with Gasteiger partial charge in [0, 0.05) is 25.2 Å². The number of para-hydroxylation sites is 1. The highest BCUT2D eigenvalue weighted by molar-refractivity contribution is 6.23. The molecule has 34 heavy (non-hydrogen) atoms. The van der Waals surface area contributed by atoms with E-state index < -0.39 is 34.9 Å². The maximum Gasteiger partial charge on any atom is 0.407 e. The normalized spacial score (nSPS) is 16.3. The van der Waals surface area contributed by atoms with Crippen molar-refractivity contribution in [3.05, 3.63) is 51.6 Å². The molecule has 3 heterocycles. The minimum Gasteiger partial charge on any atom is -0.444 e. The van der Waals surface area contributed by atoms with Crippen LogP contribution in [0.25, 0.3) is 5.69 Å². The molecule has 180 valence electrons. The maximum atomic E-state index is 15.1. The van der Waals surface area contributed by atoms with Gasteiger partial charge in [-0.05, 0) is 45.7 Å². The highest BCUT2D eigenvalue weighted by Crippen LogP contribution is 2.32. The molecule has 0 radical (unpaired) electrons. The Hall–Kier alpha value is -3.89. The van der Waals surface area contributed by atoms with Crippen LogP contribution in [0.15, 0.2) is 29.1 Å². The second kappa shape index (κ2) is 8.47. The van der Waals surface area contributed by atoms with E-state index in [1.165, 1.54) is 18.2 Å². The SMILES string of the molecule is CC(C)(C)OC(=O)NC1CCN(c2c(F)cccc2-n2c(N)c3c(cc2=O)C(=O)NC3=O)CC1. The predicted molar refractivity (Wildman–Crippen MR) is 123 cm³/mol. The van der Waals surface area contributed by atoms with Crippen molar-refractivity contribution < 1.29 is 23.5 Å². The number of rotatable bonds is 3. The number of imide groups is 1. The van der Waals surface area contributed by atoms with Gasteiger partial charge in [-0.2, -0.15) is 0 Å². The molecule has 2 aliphatic rings. The number of carbonyl (C=O) groups excluding carboxylic acids is 3. The maximum absolute atomic E-state index is 15.1. The number of anilines is 2. The average molecular weight is 471 g/mol. The molecule has 2 aliphatic heterocycles. The van der Waals surface area contributed by atoms with Gasteiger partial charge >= 0.3 is 6.09 Å². The molecular formula is C23H26FN5O5. The number of amides is 3. The smallest absolute Gasteiger partial charge is 0.407 e. The number of piperidine rings is 1. The first-order chi connectivity index (χ1) is 16.0. The lowest BCUT2D eigenvalue weighted by Gasteiger charge is -2.35. The Kier molecular flexibility index (Phi) is 5.80. The molecule has 0 aliphatic carbocycles. The number of fused-ring (bicyclic) bond motifs is 1. The van der Waals surface area contributed by atoms with Gasteiger partial charge in [0.2, 0.25) is 0 Å². The van der Waals surface area contributed by atoms with Crippen molar-refractivity contribution in [3.8, 4) is 5.69 Å². The topological polar surface area (TPSA) is 136 Å². The van der Waals surface area contributed by atoms with Crippen LogP contribution in [0.2, 0.25) is 0 Å². The number of ether oxygens (including phenoxy) is 1. The molecule has 10 nitrogen and oxygen atoms in total. The molecular weight excluding hydrogens is 445 g/mol. The quantitative estimate of drug-likeness (QED) is 0.582. The molecule has 3 amide bonds. The van der Waals surface area contributed by atoms with Gasteiger partial charge in [0.05, 0.1) is 22.5 Å². The molecule has 1 aromatic carbocycles. The Morgan fingerprint density at radius 1 is 1.18 bits per heavy atom. The highest BCUT2D eigenvalue weighted by atomic mass is 19.1. The molecule has 1 fully saturated rings. The number of aromatic nitrogens is 1. The van der Waals surface area contributed by atoms with E-state index in [1.54, 1.807) is 25.7 Å². The number of benzene rings is 1. The summed E-state index contributed by atoms with van der Waals surface area (Å²) < 4.78 is 21.4. The molecule has 0 spiro atoms. The zero-order chi connectivity index (χ0) is 24.8. The number of pyridine rings is 1. The van der Waals surface area contributed by atoms with E-state index in [0.717, 1.165) is 10.6 Å². The monoisotopic (exact) mass is 471 g/mol. The van der Waals surface area contributed by atoms with Crippen molar-refractivity contribution in [2.75, 3.05) is 23.7 Å². The summed E-state index contributed by atoms with van der Waals surface area (Å²) in [4.78, 5) is 50.9. The van der Waals surface area contributed by atoms with E-state index >= 15 is 4.39 Å². The third kappa shape index (κ3) is 4.33. The summed E-state index contributed by atoms with van der Waals surface area (Å²) in [5.41, 5.74) is 4.97. The molecule has 0 saturated carbocycles. The Labute approximate surface area is 194 Å². The number of hydrogen-bond donors (Lipinski definition) is 3. The Balaban J connectivity index is 1.63. The van der Waals surface area contributed by atoms with Crippen molar-refractivity contribution in [1.82, 2.24) is 15.2 Å². The number of hydrogen-bond acceptors (Lipinski definition) is 7. The molecule has 1 saturated heterocycles. The van der Waals surface area contributed by atoms with E-state index in [2.05, 4.69) is 10.6 Å². The summed E-state index contributed by atoms with van der Waals surface area (Å²) in [5.74, 6) is -2.21. The first-order valence-corrected chi connectivity index (χ1v) is 10.9. The first kappa shape index (κ1) is 23.3. The van der Waals surface area contributed by atoms with Crippen molar-refractivity contribution in [1.29, 1.82) is 0 Å². The summed E-state index contributed by atoms with van der Waals surface area (Å²) in [5, 5.41) is 4.94. The second-order valence-electron chi connectivity index (χ2n) is 9.29. The molecule has 4 rings (SSSR count). The van der Waals surface area contributed by atoms with Crippen LogP contribution in [-0.2, 0) is 4.74 Å². The first-order valence-electron chi connectivity index (χ1n) is 10.9. The van der Waals surface area contributed by atoms with Gasteiger partial charge < -0.3 is 20.7 Å². The fraction of sp³-hybridized carbons (Fsp3) is 0.391. The second-order valence-corrected chi connectivity index (χ2v) is 9.29. The number of alkyl carbamates (subject to hydrolysis) is 1. The number of carbonyl (C=O) groups is 3. The molecule has 2 aromatic rings. The zero-order valence-electron chi connectivity index (χ0n) is 19.1. The van der Waals surface area contributed by atoms with Crippen LogP contribution >= 0.6 is 0 Å². The highest BCUT2D eigenvalue weighted by Gasteiger charge is 2.33. The lowest BCUT2D eigenvalue weighted by Crippen LogP contribution is -2.46. The van der Waals surface area contributed by atoms with Gasteiger partial charge in [-0.3, -0.25) is 24.3 Å². The summed E-state index contributed by atoms with van der Waals surface area (Å²) in [6, 6.07) is 5.12. The summed E-state index contributed by atoms with van der Waals surface area (Å²) >= 11 is 0. The van der Waals surface area contributed by atoms with Crippen molar-refractivity contribution in [3.63, 3.8) is 0 Å². The van der Waals surface area contributed by atoms with Crippen LogP contribution in [0.1, 0.15) is 54.3 Å². The molecule has 0 bridgehead atoms. The minimum atomic E-state index is -0.710. The van der Waals surface area contributed by atoms with Crippen molar-refractivity contribution >= 4 is 29.4 Å². The third-order valence-corrected chi connectivity index (χ3v) is 5.69. The average Bonchev–Trinajstić information content (AvgIpc) is 3.01. The Bertz CT molecular complexity index is 1240. The number of nitrogens with two attached hydrogens (primary N) is 1. The molecule has 0 atom stereocenters. The predicted octanol–water partition coefficient (Wildman–Crippen LogP) is 1.94. The number of nitrogen functional groups attached to an aromatic ring is 1. The number of halogens is 1. The van der Waals surface area contributed by atoms with E-state index in [1.807, 2.05) is 0 Å². The molecule has 11 heteroatoms. The summed E-state index contributed by atoms with van der Waals surface area (Å²) in [6.07, 6.45) is 0.541. The van der Waals surface area contributed by atoms with Crippen LogP contribution in [0.4, 0.5) is 20.7 Å². The zero-order valence-corrected chi connectivity index (χ0v) is 19.1. The molecule has 4 N–H and O–H groups in total. The van der Waals surface area contributed by atoms with E-state index in [4.69, 9.17) is 10.5 Å². The summed E-state index contributed by atoms with van der Waals surface area (Å²) in [7, 11) is 0. The standard InChI is InChI=1S/C23H26FN5O5/c1-23(2,3)34-22(33)26-12-7-9-28(10-8-12)18-14(24)5-4-6-15(18)29-16(30)11-13-17(19(29)25)21(32)27-20(13)31/h4-6,11-12H,7-10,25H2,1-3H3,(H,26,33)(H,27,31,32). The van der Waals surface area contributed by atoms with E-state index in [-0.39, 0.29) is 34.4 Å². The third-order valence-electron chi connectivity index (χ3n) is 5.69. The van der Waals surface area contributed by atoms with Crippen molar-refractivity contribution in [2.45, 2.75) is 45.3 Å². The van der Waals surface area contributed by atoms with Crippen LogP contribution in [-0.4, -0.2) is 47.2 Å². The van der Waals surface area contributed by atoms with Gasteiger partial charge in [-0.15, -0.1) is 0 Å². The van der Waals surface area contributed by atoms with Crippen LogP contribution < -0.4 is 26.8 Å². The molecule has 0 unspecified atom stereocenters. The number of nitrogens with zero attached hydrogens (tertiary/aromatic N) is 2. The Morgan fingerprint density at radius 2 is 1.85 bits per heavy atom. The Morgan fingerprint density at radius 3 is 2.50 bits per heavy atom. The largest absolute Gasteiger partial charge is 0.444 e. The molecule has 1 aromatic heterocycles. The van der Waals surface area contributed by atoms with E-state index in [9.17, 15) is 19.2 Å². The van der Waals surface area contributed by atoms with Crippen molar-refractivity contribution in [2.24, 2.45) is 0 Å². The summed E-state index contributed by atoms with van der Waals surface area (Å²) in [6.45, 7) is 6.13. The fourth-order valence-electron chi connectivity index (χ4n) is 4.25. The van der Waals surface area contributed by atoms with Crippen LogP contribution in [0.5, 0.6) is 0 Å². The van der Waals surface area contributed by atoms with Crippen LogP contribution in [0, 0.1) is 5.82 Å². The lowest BCUT2D eigenvalue weighted by atomic mass is 10.0. The minimum absolute atomic E-state index is 0.101. The van der Waals surface area contributed by atoms with Gasteiger partial charge in [0.25, 0.3) is 17.4 Å². The fourth-order valence-corrected chi connectivity index (χ4v) is 4.25. The van der Waals surface area contributed by atoms with Crippen LogP contribution in [0.3, 0.4) is 0 Å². The number of nitrogens with one attached hydrogen (secondary N) is 2. The van der Waals surface area contributed by atoms with E-state index in [0.29, 0.717) is 25.9 Å².